The Labute approximate surface area is 131 Å². The van der Waals surface area contributed by atoms with Gasteiger partial charge in [0.1, 0.15) is 0 Å². The Kier molecular flexibility index (Phi) is 8.74. The summed E-state index contributed by atoms with van der Waals surface area (Å²) in [7, 11) is 0. The van der Waals surface area contributed by atoms with Crippen molar-refractivity contribution >= 4 is 23.4 Å². The number of unbranched alkanes of at least 4 members (excludes halogenated alkanes) is 3. The van der Waals surface area contributed by atoms with Gasteiger partial charge in [0, 0.05) is 6.54 Å². The molecule has 0 bridgehead atoms. The maximum absolute atomic E-state index is 12.2. The zero-order valence-electron chi connectivity index (χ0n) is 13.0. The lowest BCUT2D eigenvalue weighted by atomic mass is 10.1. The molecule has 0 aliphatic heterocycles. The molecule has 0 fully saturated rings. The van der Waals surface area contributed by atoms with Crippen LogP contribution in [0, 0.1) is 0 Å². The van der Waals surface area contributed by atoms with Crippen molar-refractivity contribution in [2.24, 2.45) is 0 Å². The number of nitrogen functional groups attached to an aromatic ring is 1. The molecular formula is C16H26N2O2S. The van der Waals surface area contributed by atoms with E-state index in [4.69, 9.17) is 10.5 Å². The van der Waals surface area contributed by atoms with E-state index in [0.29, 0.717) is 30.2 Å². The fourth-order valence-electron chi connectivity index (χ4n) is 2.06. The van der Waals surface area contributed by atoms with Crippen LogP contribution in [0.2, 0.25) is 0 Å². The molecule has 0 aliphatic rings. The molecule has 0 unspecified atom stereocenters. The monoisotopic (exact) mass is 310 g/mol. The minimum absolute atomic E-state index is 0.116. The molecule has 0 aliphatic carbocycles. The molecular weight excluding hydrogens is 284 g/mol. The molecule has 3 N–H and O–H groups in total. The van der Waals surface area contributed by atoms with E-state index in [0.717, 1.165) is 12.8 Å². The highest BCUT2D eigenvalue weighted by atomic mass is 32.2. The van der Waals surface area contributed by atoms with E-state index in [2.05, 4.69) is 11.6 Å². The molecule has 5 heteroatoms. The molecule has 1 rings (SSSR count). The number of hydrogen-bond donors (Lipinski definition) is 2. The lowest BCUT2D eigenvalue weighted by molar-refractivity contribution is 0.0949. The zero-order chi connectivity index (χ0) is 15.5. The summed E-state index contributed by atoms with van der Waals surface area (Å²) in [5, 5.41) is 2.94. The van der Waals surface area contributed by atoms with Gasteiger partial charge < -0.3 is 15.8 Å². The van der Waals surface area contributed by atoms with E-state index in [-0.39, 0.29) is 5.91 Å². The number of ether oxygens (including phenoxy) is 1. The number of amides is 1. The SMILES string of the molecule is CCOc1c(N)cccc1C(=O)NCCCCCCSC. The van der Waals surface area contributed by atoms with Crippen molar-refractivity contribution in [1.29, 1.82) is 0 Å². The van der Waals surface area contributed by atoms with E-state index < -0.39 is 0 Å². The van der Waals surface area contributed by atoms with E-state index in [1.165, 1.54) is 18.6 Å². The predicted molar refractivity (Wildman–Crippen MR) is 91.2 cm³/mol. The summed E-state index contributed by atoms with van der Waals surface area (Å²) in [5.41, 5.74) is 6.88. The van der Waals surface area contributed by atoms with Crippen LogP contribution in [-0.2, 0) is 0 Å². The Morgan fingerprint density at radius 3 is 2.76 bits per heavy atom. The summed E-state index contributed by atoms with van der Waals surface area (Å²) < 4.78 is 5.47. The van der Waals surface area contributed by atoms with Crippen molar-refractivity contribution in [2.75, 3.05) is 30.9 Å². The molecule has 1 amide bonds. The molecule has 0 spiro atoms. The average Bonchev–Trinajstić information content (AvgIpc) is 2.48. The first-order valence-electron chi connectivity index (χ1n) is 7.49. The van der Waals surface area contributed by atoms with E-state index >= 15 is 0 Å². The van der Waals surface area contributed by atoms with Crippen LogP contribution >= 0.6 is 11.8 Å². The number of para-hydroxylation sites is 1. The van der Waals surface area contributed by atoms with Crippen LogP contribution in [0.4, 0.5) is 5.69 Å². The summed E-state index contributed by atoms with van der Waals surface area (Å²) in [5.74, 6) is 1.58. The number of rotatable bonds is 10. The molecule has 0 saturated heterocycles. The first-order chi connectivity index (χ1) is 10.2. The van der Waals surface area contributed by atoms with Gasteiger partial charge >= 0.3 is 0 Å². The van der Waals surface area contributed by atoms with Gasteiger partial charge in [0.05, 0.1) is 17.9 Å². The summed E-state index contributed by atoms with van der Waals surface area (Å²) in [6.07, 6.45) is 6.75. The fourth-order valence-corrected chi connectivity index (χ4v) is 2.55. The van der Waals surface area contributed by atoms with Crippen LogP contribution in [0.15, 0.2) is 18.2 Å². The van der Waals surface area contributed by atoms with Gasteiger partial charge in [0.15, 0.2) is 5.75 Å². The quantitative estimate of drug-likeness (QED) is 0.514. The van der Waals surface area contributed by atoms with Gasteiger partial charge in [-0.05, 0) is 43.9 Å². The summed E-state index contributed by atoms with van der Waals surface area (Å²) >= 11 is 1.88. The van der Waals surface area contributed by atoms with Gasteiger partial charge in [-0.25, -0.2) is 0 Å². The number of carbonyl (C=O) groups excluding carboxylic acids is 1. The number of benzene rings is 1. The molecule has 21 heavy (non-hydrogen) atoms. The number of carbonyl (C=O) groups is 1. The van der Waals surface area contributed by atoms with Crippen LogP contribution in [0.3, 0.4) is 0 Å². The molecule has 0 saturated carbocycles. The van der Waals surface area contributed by atoms with E-state index in [1.807, 2.05) is 18.7 Å². The summed E-state index contributed by atoms with van der Waals surface area (Å²) in [4.78, 5) is 12.2. The van der Waals surface area contributed by atoms with Crippen molar-refractivity contribution in [3.8, 4) is 5.75 Å². The largest absolute Gasteiger partial charge is 0.491 e. The van der Waals surface area contributed by atoms with Gasteiger partial charge in [0.25, 0.3) is 5.91 Å². The van der Waals surface area contributed by atoms with Crippen LogP contribution in [0.5, 0.6) is 5.75 Å². The Morgan fingerprint density at radius 2 is 2.05 bits per heavy atom. The molecule has 0 heterocycles. The van der Waals surface area contributed by atoms with Crippen molar-refractivity contribution < 1.29 is 9.53 Å². The first-order valence-corrected chi connectivity index (χ1v) is 8.88. The van der Waals surface area contributed by atoms with Gasteiger partial charge in [-0.2, -0.15) is 11.8 Å². The predicted octanol–water partition coefficient (Wildman–Crippen LogP) is 3.32. The second-order valence-electron chi connectivity index (χ2n) is 4.82. The fraction of sp³-hybridized carbons (Fsp3) is 0.562. The van der Waals surface area contributed by atoms with E-state index in [1.54, 1.807) is 18.2 Å². The standard InChI is InChI=1S/C16H26N2O2S/c1-3-20-15-13(9-8-10-14(15)17)16(19)18-11-6-4-5-7-12-21-2/h8-10H,3-7,11-12,17H2,1-2H3,(H,18,19). The highest BCUT2D eigenvalue weighted by Gasteiger charge is 2.14. The molecule has 118 valence electrons. The van der Waals surface area contributed by atoms with Gasteiger partial charge in [-0.1, -0.05) is 18.9 Å². The minimum Gasteiger partial charge on any atom is -0.491 e. The normalized spacial score (nSPS) is 10.4. The van der Waals surface area contributed by atoms with Crippen LogP contribution in [0.25, 0.3) is 0 Å². The number of nitrogens with two attached hydrogens (primary N) is 1. The van der Waals surface area contributed by atoms with Gasteiger partial charge in [0.2, 0.25) is 0 Å². The number of hydrogen-bond acceptors (Lipinski definition) is 4. The Balaban J connectivity index is 2.40. The maximum Gasteiger partial charge on any atom is 0.255 e. The van der Waals surface area contributed by atoms with E-state index in [9.17, 15) is 4.79 Å². The second-order valence-corrected chi connectivity index (χ2v) is 5.81. The molecule has 0 aromatic heterocycles. The Morgan fingerprint density at radius 1 is 1.29 bits per heavy atom. The number of thioether (sulfide) groups is 1. The van der Waals surface area contributed by atoms with Crippen molar-refractivity contribution in [2.45, 2.75) is 32.6 Å². The second kappa shape index (κ2) is 10.4. The van der Waals surface area contributed by atoms with Crippen LogP contribution < -0.4 is 15.8 Å². The van der Waals surface area contributed by atoms with Crippen molar-refractivity contribution in [3.63, 3.8) is 0 Å². The van der Waals surface area contributed by atoms with Crippen LogP contribution in [-0.4, -0.2) is 31.1 Å². The zero-order valence-corrected chi connectivity index (χ0v) is 13.8. The Hall–Kier alpha value is -1.36. The highest BCUT2D eigenvalue weighted by molar-refractivity contribution is 7.98. The molecule has 1 aromatic rings. The molecule has 0 atom stereocenters. The smallest absolute Gasteiger partial charge is 0.255 e. The van der Waals surface area contributed by atoms with Gasteiger partial charge in [-0.3, -0.25) is 4.79 Å². The molecule has 4 nitrogen and oxygen atoms in total. The summed E-state index contributed by atoms with van der Waals surface area (Å²) in [6, 6.07) is 5.26. The maximum atomic E-state index is 12.2. The third-order valence-electron chi connectivity index (χ3n) is 3.14. The topological polar surface area (TPSA) is 64.3 Å². The number of anilines is 1. The number of nitrogens with one attached hydrogen (secondary N) is 1. The first kappa shape index (κ1) is 17.7. The lowest BCUT2D eigenvalue weighted by Crippen LogP contribution is -2.25. The Bertz CT molecular complexity index is 438. The van der Waals surface area contributed by atoms with Crippen molar-refractivity contribution in [3.05, 3.63) is 23.8 Å². The molecule has 0 radical (unpaired) electrons. The summed E-state index contributed by atoms with van der Waals surface area (Å²) in [6.45, 7) is 3.06. The molecule has 1 aromatic carbocycles. The minimum atomic E-state index is -0.116. The van der Waals surface area contributed by atoms with Crippen LogP contribution in [0.1, 0.15) is 43.0 Å². The van der Waals surface area contributed by atoms with Gasteiger partial charge in [-0.15, -0.1) is 0 Å². The lowest BCUT2D eigenvalue weighted by Gasteiger charge is -2.12. The van der Waals surface area contributed by atoms with Crippen molar-refractivity contribution in [1.82, 2.24) is 5.32 Å². The third kappa shape index (κ3) is 6.29. The third-order valence-corrected chi connectivity index (χ3v) is 3.84. The average molecular weight is 310 g/mol. The highest BCUT2D eigenvalue weighted by Crippen LogP contribution is 2.26.